The van der Waals surface area contributed by atoms with Crippen molar-refractivity contribution in [3.63, 3.8) is 0 Å². The third kappa shape index (κ3) is 4.58. The largest absolute Gasteiger partial charge is 0.482 e. The van der Waals surface area contributed by atoms with Gasteiger partial charge in [0.05, 0.1) is 15.7 Å². The number of nitrogens with one attached hydrogen (secondary N) is 1. The Hall–Kier alpha value is -2.15. The molecule has 0 bridgehead atoms. The number of rotatable bonds is 4. The van der Waals surface area contributed by atoms with E-state index in [-0.39, 0.29) is 15.7 Å². The van der Waals surface area contributed by atoms with Crippen LogP contribution in [0.2, 0.25) is 15.1 Å². The van der Waals surface area contributed by atoms with E-state index in [9.17, 15) is 9.59 Å². The average molecular weight is 431 g/mol. The lowest BCUT2D eigenvalue weighted by atomic mass is 10.2. The van der Waals surface area contributed by atoms with Crippen LogP contribution >= 0.6 is 34.8 Å². The number of hydrogen-bond donors (Lipinski definition) is 1. The summed E-state index contributed by atoms with van der Waals surface area (Å²) in [4.78, 5) is 24.3. The van der Waals surface area contributed by atoms with Crippen LogP contribution in [0.1, 0.15) is 6.92 Å². The van der Waals surface area contributed by atoms with E-state index in [0.717, 1.165) is 0 Å². The van der Waals surface area contributed by atoms with Gasteiger partial charge in [-0.3, -0.25) is 4.79 Å². The number of halogens is 3. The van der Waals surface area contributed by atoms with Gasteiger partial charge < -0.3 is 19.5 Å². The molecule has 2 atom stereocenters. The number of esters is 1. The van der Waals surface area contributed by atoms with Gasteiger partial charge in [0.1, 0.15) is 6.10 Å². The molecule has 1 aliphatic heterocycles. The Labute approximate surface area is 170 Å². The molecule has 9 heteroatoms. The Kier molecular flexibility index (Phi) is 5.99. The molecule has 2 aromatic rings. The van der Waals surface area contributed by atoms with E-state index in [1.165, 1.54) is 12.1 Å². The molecule has 27 heavy (non-hydrogen) atoms. The third-order valence-electron chi connectivity index (χ3n) is 3.69. The summed E-state index contributed by atoms with van der Waals surface area (Å²) in [7, 11) is 0. The van der Waals surface area contributed by atoms with Gasteiger partial charge in [-0.2, -0.15) is 0 Å². The number of carbonyl (C=O) groups is 2. The molecule has 1 heterocycles. The van der Waals surface area contributed by atoms with Crippen LogP contribution in [-0.4, -0.2) is 30.7 Å². The summed E-state index contributed by atoms with van der Waals surface area (Å²) in [6, 6.07) is 9.84. The van der Waals surface area contributed by atoms with E-state index in [1.54, 1.807) is 31.2 Å². The molecule has 0 fully saturated rings. The van der Waals surface area contributed by atoms with Gasteiger partial charge in [0, 0.05) is 5.02 Å². The lowest BCUT2D eigenvalue weighted by molar-refractivity contribution is -0.159. The van der Waals surface area contributed by atoms with Crippen molar-refractivity contribution in [3.8, 4) is 11.5 Å². The van der Waals surface area contributed by atoms with Crippen molar-refractivity contribution in [2.75, 3.05) is 11.9 Å². The zero-order chi connectivity index (χ0) is 19.6. The fourth-order valence-corrected chi connectivity index (χ4v) is 3.35. The Morgan fingerprint density at radius 3 is 2.30 bits per heavy atom. The number of benzene rings is 2. The van der Waals surface area contributed by atoms with E-state index >= 15 is 0 Å². The molecular formula is C18H14Cl3NO5. The van der Waals surface area contributed by atoms with Gasteiger partial charge in [0.25, 0.3) is 5.91 Å². The van der Waals surface area contributed by atoms with E-state index in [4.69, 9.17) is 49.0 Å². The molecule has 1 N–H and O–H groups in total. The maximum Gasteiger partial charge on any atom is 0.351 e. The predicted molar refractivity (Wildman–Crippen MR) is 102 cm³/mol. The summed E-state index contributed by atoms with van der Waals surface area (Å²) in [6.45, 7) is 1.14. The first-order chi connectivity index (χ1) is 12.8. The van der Waals surface area contributed by atoms with Gasteiger partial charge >= 0.3 is 5.97 Å². The van der Waals surface area contributed by atoms with Gasteiger partial charge in [-0.25, -0.2) is 4.79 Å². The molecule has 0 aliphatic carbocycles. The van der Waals surface area contributed by atoms with Gasteiger partial charge in [0.15, 0.2) is 18.1 Å². The first-order valence-corrected chi connectivity index (χ1v) is 9.02. The number of amides is 1. The van der Waals surface area contributed by atoms with Gasteiger partial charge in [-0.1, -0.05) is 46.9 Å². The lowest BCUT2D eigenvalue weighted by Crippen LogP contribution is -2.45. The Morgan fingerprint density at radius 1 is 1.07 bits per heavy atom. The highest BCUT2D eigenvalue weighted by Crippen LogP contribution is 2.34. The van der Waals surface area contributed by atoms with Crippen LogP contribution in [0.15, 0.2) is 36.4 Å². The molecule has 3 rings (SSSR count). The number of ether oxygens (including phenoxy) is 3. The van der Waals surface area contributed by atoms with Gasteiger partial charge in [-0.15, -0.1) is 0 Å². The molecule has 0 saturated heterocycles. The first kappa shape index (κ1) is 19.6. The number of hydrogen-bond acceptors (Lipinski definition) is 5. The van der Waals surface area contributed by atoms with Gasteiger partial charge in [-0.05, 0) is 31.2 Å². The van der Waals surface area contributed by atoms with Crippen molar-refractivity contribution >= 4 is 52.4 Å². The molecule has 0 aromatic heterocycles. The molecule has 1 aliphatic rings. The standard InChI is InChI=1S/C18H14Cl3NO5/c1-9-17(27-14-5-3-2-4-13(14)26-9)18(24)25-8-15(23)22-16-11(20)6-10(19)7-12(16)21/h2-7,9,17H,8H2,1H3,(H,22,23). The van der Waals surface area contributed by atoms with E-state index in [2.05, 4.69) is 5.32 Å². The summed E-state index contributed by atoms with van der Waals surface area (Å²) in [5, 5.41) is 3.15. The minimum absolute atomic E-state index is 0.168. The SMILES string of the molecule is CC1Oc2ccccc2OC1C(=O)OCC(=O)Nc1c(Cl)cc(Cl)cc1Cl. The predicted octanol–water partition coefficient (Wildman–Crippen LogP) is 4.36. The summed E-state index contributed by atoms with van der Waals surface area (Å²) in [5.74, 6) is -0.361. The van der Waals surface area contributed by atoms with Crippen molar-refractivity contribution in [1.82, 2.24) is 0 Å². The number of fused-ring (bicyclic) bond motifs is 1. The zero-order valence-corrected chi connectivity index (χ0v) is 16.3. The summed E-state index contributed by atoms with van der Waals surface area (Å²) >= 11 is 17.8. The normalized spacial score (nSPS) is 17.9. The van der Waals surface area contributed by atoms with Crippen LogP contribution in [0.3, 0.4) is 0 Å². The summed E-state index contributed by atoms with van der Waals surface area (Å²) in [6.07, 6.45) is -1.56. The van der Waals surface area contributed by atoms with Crippen molar-refractivity contribution in [3.05, 3.63) is 51.5 Å². The van der Waals surface area contributed by atoms with Crippen LogP contribution in [0.5, 0.6) is 11.5 Å². The zero-order valence-electron chi connectivity index (χ0n) is 14.0. The topological polar surface area (TPSA) is 73.9 Å². The molecule has 142 valence electrons. The molecule has 0 spiro atoms. The van der Waals surface area contributed by atoms with Crippen molar-refractivity contribution < 1.29 is 23.8 Å². The van der Waals surface area contributed by atoms with Crippen molar-refractivity contribution in [2.24, 2.45) is 0 Å². The second-order valence-corrected chi connectivity index (χ2v) is 6.96. The monoisotopic (exact) mass is 429 g/mol. The fourth-order valence-electron chi connectivity index (χ4n) is 2.44. The number of para-hydroxylation sites is 2. The van der Waals surface area contributed by atoms with Gasteiger partial charge in [0.2, 0.25) is 6.10 Å². The quantitative estimate of drug-likeness (QED) is 0.730. The fraction of sp³-hybridized carbons (Fsp3) is 0.222. The summed E-state index contributed by atoms with van der Waals surface area (Å²) < 4.78 is 16.3. The van der Waals surface area contributed by atoms with Crippen molar-refractivity contribution in [2.45, 2.75) is 19.1 Å². The minimum Gasteiger partial charge on any atom is -0.482 e. The highest BCUT2D eigenvalue weighted by Gasteiger charge is 2.35. The Balaban J connectivity index is 1.59. The van der Waals surface area contributed by atoms with Crippen LogP contribution in [-0.2, 0) is 14.3 Å². The Bertz CT molecular complexity index is 866. The molecular weight excluding hydrogens is 417 g/mol. The lowest BCUT2D eigenvalue weighted by Gasteiger charge is -2.30. The second kappa shape index (κ2) is 8.25. The first-order valence-electron chi connectivity index (χ1n) is 7.88. The molecule has 2 aromatic carbocycles. The molecule has 1 amide bonds. The van der Waals surface area contributed by atoms with E-state index in [1.807, 2.05) is 0 Å². The van der Waals surface area contributed by atoms with Crippen LogP contribution in [0, 0.1) is 0 Å². The number of anilines is 1. The van der Waals surface area contributed by atoms with E-state index < -0.39 is 30.7 Å². The summed E-state index contributed by atoms with van der Waals surface area (Å²) in [5.41, 5.74) is 0.184. The van der Waals surface area contributed by atoms with E-state index in [0.29, 0.717) is 16.5 Å². The maximum atomic E-state index is 12.3. The average Bonchev–Trinajstić information content (AvgIpc) is 2.62. The molecule has 2 unspecified atom stereocenters. The van der Waals surface area contributed by atoms with Crippen LogP contribution < -0.4 is 14.8 Å². The third-order valence-corrected chi connectivity index (χ3v) is 4.51. The minimum atomic E-state index is -0.990. The highest BCUT2D eigenvalue weighted by molar-refractivity contribution is 6.42. The van der Waals surface area contributed by atoms with Crippen LogP contribution in [0.25, 0.3) is 0 Å². The molecule has 0 saturated carbocycles. The molecule has 6 nitrogen and oxygen atoms in total. The molecule has 0 radical (unpaired) electrons. The smallest absolute Gasteiger partial charge is 0.351 e. The van der Waals surface area contributed by atoms with Crippen LogP contribution in [0.4, 0.5) is 5.69 Å². The Morgan fingerprint density at radius 2 is 1.67 bits per heavy atom. The highest BCUT2D eigenvalue weighted by atomic mass is 35.5. The maximum absolute atomic E-state index is 12.3. The number of carbonyl (C=O) groups excluding carboxylic acids is 2. The second-order valence-electron chi connectivity index (χ2n) is 5.71. The van der Waals surface area contributed by atoms with Crippen molar-refractivity contribution in [1.29, 1.82) is 0 Å².